The van der Waals surface area contributed by atoms with E-state index in [1.807, 2.05) is 12.1 Å². The number of fused-ring (bicyclic) bond motifs is 2. The first-order valence-electron chi connectivity index (χ1n) is 10.2. The molecule has 7 heteroatoms. The van der Waals surface area contributed by atoms with Crippen LogP contribution in [0.1, 0.15) is 31.4 Å². The van der Waals surface area contributed by atoms with Crippen molar-refractivity contribution in [2.45, 2.75) is 31.8 Å². The summed E-state index contributed by atoms with van der Waals surface area (Å²) in [7, 11) is 0. The highest BCUT2D eigenvalue weighted by Gasteiger charge is 2.25. The topological polar surface area (TPSA) is 63.9 Å². The number of ether oxygens (including phenoxy) is 2. The number of benzene rings is 2. The predicted octanol–water partition coefficient (Wildman–Crippen LogP) is 4.81. The number of nitrogens with zero attached hydrogens (tertiary/aromatic N) is 1. The van der Waals surface area contributed by atoms with Crippen LogP contribution in [0.2, 0.25) is 5.02 Å². The highest BCUT2D eigenvalue weighted by Crippen LogP contribution is 2.36. The lowest BCUT2D eigenvalue weighted by Crippen LogP contribution is -2.40. The van der Waals surface area contributed by atoms with Gasteiger partial charge >= 0.3 is 5.63 Å². The van der Waals surface area contributed by atoms with Crippen molar-refractivity contribution in [2.24, 2.45) is 0 Å². The summed E-state index contributed by atoms with van der Waals surface area (Å²) in [5.74, 6) is 1.64. The van der Waals surface area contributed by atoms with Gasteiger partial charge in [-0.3, -0.25) is 4.90 Å². The zero-order chi connectivity index (χ0) is 20.7. The van der Waals surface area contributed by atoms with Gasteiger partial charge in [0.05, 0.1) is 5.69 Å². The normalized spacial score (nSPS) is 17.9. The van der Waals surface area contributed by atoms with Gasteiger partial charge in [-0.05, 0) is 55.7 Å². The lowest BCUT2D eigenvalue weighted by molar-refractivity contribution is 0.166. The van der Waals surface area contributed by atoms with Crippen molar-refractivity contribution in [2.75, 3.05) is 25.2 Å². The maximum atomic E-state index is 11.9. The largest absolute Gasteiger partial charge is 0.454 e. The zero-order valence-corrected chi connectivity index (χ0v) is 17.4. The number of likely N-dealkylation sites (tertiary alicyclic amines) is 1. The Morgan fingerprint density at radius 2 is 1.87 bits per heavy atom. The molecule has 6 nitrogen and oxygen atoms in total. The third kappa shape index (κ3) is 3.73. The van der Waals surface area contributed by atoms with Crippen molar-refractivity contribution < 1.29 is 13.9 Å². The molecule has 0 bridgehead atoms. The molecule has 0 aliphatic carbocycles. The van der Waals surface area contributed by atoms with Gasteiger partial charge in [-0.15, -0.1) is 0 Å². The Labute approximate surface area is 179 Å². The van der Waals surface area contributed by atoms with Crippen molar-refractivity contribution >= 4 is 28.3 Å². The van der Waals surface area contributed by atoms with Gasteiger partial charge in [-0.25, -0.2) is 4.79 Å². The molecule has 0 spiro atoms. The molecule has 1 fully saturated rings. The molecule has 30 heavy (non-hydrogen) atoms. The monoisotopic (exact) mass is 426 g/mol. The minimum absolute atomic E-state index is 0.286. The molecule has 156 valence electrons. The molecule has 3 heterocycles. The fourth-order valence-electron chi connectivity index (χ4n) is 4.29. The zero-order valence-electron chi connectivity index (χ0n) is 16.7. The molecule has 1 unspecified atom stereocenters. The van der Waals surface area contributed by atoms with E-state index in [2.05, 4.69) is 29.3 Å². The average molecular weight is 427 g/mol. The Balaban J connectivity index is 1.27. The van der Waals surface area contributed by atoms with Crippen LogP contribution in [0, 0.1) is 0 Å². The molecule has 3 aromatic rings. The van der Waals surface area contributed by atoms with Gasteiger partial charge in [0.1, 0.15) is 5.58 Å². The average Bonchev–Trinajstić information content (AvgIpc) is 3.22. The Morgan fingerprint density at radius 3 is 2.70 bits per heavy atom. The van der Waals surface area contributed by atoms with Crippen LogP contribution in [-0.2, 0) is 0 Å². The quantitative estimate of drug-likeness (QED) is 0.604. The maximum Gasteiger partial charge on any atom is 0.338 e. The third-order valence-corrected chi connectivity index (χ3v) is 6.26. The molecule has 1 saturated heterocycles. The number of anilines is 1. The number of hydrogen-bond acceptors (Lipinski definition) is 6. The molecule has 1 aromatic heterocycles. The Kier molecular flexibility index (Phi) is 5.05. The smallest absolute Gasteiger partial charge is 0.338 e. The predicted molar refractivity (Wildman–Crippen MR) is 117 cm³/mol. The SMILES string of the molecule is CC(c1ccc2c(c1)OCO2)N1CCC(Nc2cc(=O)oc3ccc(Cl)cc23)CC1. The van der Waals surface area contributed by atoms with Crippen LogP contribution in [0.4, 0.5) is 5.69 Å². The second-order valence-corrected chi connectivity index (χ2v) is 8.30. The van der Waals surface area contributed by atoms with Crippen LogP contribution < -0.4 is 20.4 Å². The number of nitrogens with one attached hydrogen (secondary N) is 1. The molecule has 2 aliphatic rings. The summed E-state index contributed by atoms with van der Waals surface area (Å²) in [6.45, 7) is 4.45. The summed E-state index contributed by atoms with van der Waals surface area (Å²) in [5.41, 5.74) is 2.20. The van der Waals surface area contributed by atoms with E-state index in [1.165, 1.54) is 11.6 Å². The molecule has 0 saturated carbocycles. The molecule has 2 aromatic carbocycles. The molecule has 2 aliphatic heterocycles. The lowest BCUT2D eigenvalue weighted by Gasteiger charge is -2.37. The van der Waals surface area contributed by atoms with Gasteiger partial charge < -0.3 is 19.2 Å². The van der Waals surface area contributed by atoms with E-state index in [9.17, 15) is 4.79 Å². The first-order valence-corrected chi connectivity index (χ1v) is 10.6. The molecule has 0 amide bonds. The van der Waals surface area contributed by atoms with E-state index in [0.717, 1.165) is 48.5 Å². The number of piperidine rings is 1. The van der Waals surface area contributed by atoms with Gasteiger partial charge in [0.25, 0.3) is 0 Å². The van der Waals surface area contributed by atoms with E-state index in [-0.39, 0.29) is 11.7 Å². The highest BCUT2D eigenvalue weighted by atomic mass is 35.5. The van der Waals surface area contributed by atoms with E-state index in [0.29, 0.717) is 23.4 Å². The molecule has 1 N–H and O–H groups in total. The van der Waals surface area contributed by atoms with Gasteiger partial charge in [0.2, 0.25) is 6.79 Å². The summed E-state index contributed by atoms with van der Waals surface area (Å²) >= 11 is 6.15. The van der Waals surface area contributed by atoms with Crippen LogP contribution in [0.3, 0.4) is 0 Å². The van der Waals surface area contributed by atoms with Gasteiger partial charge in [-0.2, -0.15) is 0 Å². The standard InChI is InChI=1S/C23H23ClN2O4/c1-14(15-2-4-21-22(10-15)29-13-28-21)26-8-6-17(7-9-26)25-19-12-23(27)30-20-5-3-16(24)11-18(19)20/h2-5,10-12,14,17,25H,6-9,13H2,1H3. The first-order chi connectivity index (χ1) is 14.6. The fourth-order valence-corrected chi connectivity index (χ4v) is 4.46. The summed E-state index contributed by atoms with van der Waals surface area (Å²) in [6, 6.07) is 13.6. The van der Waals surface area contributed by atoms with Crippen LogP contribution >= 0.6 is 11.6 Å². The number of rotatable bonds is 4. The van der Waals surface area contributed by atoms with E-state index in [1.54, 1.807) is 12.1 Å². The van der Waals surface area contributed by atoms with Crippen molar-refractivity contribution in [3.05, 3.63) is 63.5 Å². The molecule has 1 atom stereocenters. The van der Waals surface area contributed by atoms with Gasteiger partial charge in [-0.1, -0.05) is 17.7 Å². The van der Waals surface area contributed by atoms with Crippen LogP contribution in [0.5, 0.6) is 11.5 Å². The molecule has 5 rings (SSSR count). The maximum absolute atomic E-state index is 11.9. The lowest BCUT2D eigenvalue weighted by atomic mass is 9.99. The number of hydrogen-bond donors (Lipinski definition) is 1. The second kappa shape index (κ2) is 7.85. The van der Waals surface area contributed by atoms with Crippen molar-refractivity contribution in [1.82, 2.24) is 4.90 Å². The summed E-state index contributed by atoms with van der Waals surface area (Å²) in [4.78, 5) is 14.4. The minimum Gasteiger partial charge on any atom is -0.454 e. The van der Waals surface area contributed by atoms with E-state index < -0.39 is 0 Å². The molecular formula is C23H23ClN2O4. The van der Waals surface area contributed by atoms with Crippen molar-refractivity contribution in [1.29, 1.82) is 0 Å². The Bertz CT molecular complexity index is 1140. The number of halogens is 1. The van der Waals surface area contributed by atoms with Crippen LogP contribution in [0.25, 0.3) is 11.0 Å². The fraction of sp³-hybridized carbons (Fsp3) is 0.348. The van der Waals surface area contributed by atoms with Crippen LogP contribution in [0.15, 0.2) is 51.7 Å². The summed E-state index contributed by atoms with van der Waals surface area (Å²) < 4.78 is 16.2. The Morgan fingerprint density at radius 1 is 1.07 bits per heavy atom. The summed E-state index contributed by atoms with van der Waals surface area (Å²) in [6.07, 6.45) is 1.97. The first kappa shape index (κ1) is 19.3. The Hall–Kier alpha value is -2.70. The minimum atomic E-state index is -0.360. The highest BCUT2D eigenvalue weighted by molar-refractivity contribution is 6.31. The van der Waals surface area contributed by atoms with Crippen molar-refractivity contribution in [3.8, 4) is 11.5 Å². The van der Waals surface area contributed by atoms with Gasteiger partial charge in [0.15, 0.2) is 11.5 Å². The molecular weight excluding hydrogens is 404 g/mol. The molecule has 0 radical (unpaired) electrons. The van der Waals surface area contributed by atoms with E-state index in [4.69, 9.17) is 25.5 Å². The summed E-state index contributed by atoms with van der Waals surface area (Å²) in [5, 5.41) is 4.99. The van der Waals surface area contributed by atoms with Gasteiger partial charge in [0, 0.05) is 41.6 Å². The van der Waals surface area contributed by atoms with Crippen molar-refractivity contribution in [3.63, 3.8) is 0 Å². The third-order valence-electron chi connectivity index (χ3n) is 6.02. The van der Waals surface area contributed by atoms with Crippen LogP contribution in [-0.4, -0.2) is 30.8 Å². The van der Waals surface area contributed by atoms with E-state index >= 15 is 0 Å². The second-order valence-electron chi connectivity index (χ2n) is 7.86.